The summed E-state index contributed by atoms with van der Waals surface area (Å²) in [6.45, 7) is 5.91. The Morgan fingerprint density at radius 3 is 2.17 bits per heavy atom. The third-order valence-electron chi connectivity index (χ3n) is 5.92. The lowest BCUT2D eigenvalue weighted by molar-refractivity contribution is -0.141. The van der Waals surface area contributed by atoms with E-state index < -0.39 is 16.1 Å². The van der Waals surface area contributed by atoms with Crippen LogP contribution >= 0.6 is 11.6 Å². The van der Waals surface area contributed by atoms with Crippen molar-refractivity contribution < 1.29 is 22.4 Å². The van der Waals surface area contributed by atoms with Gasteiger partial charge in [0.25, 0.3) is 0 Å². The number of amides is 2. The van der Waals surface area contributed by atoms with Gasteiger partial charge in [0.15, 0.2) is 0 Å². The van der Waals surface area contributed by atoms with Crippen molar-refractivity contribution in [3.8, 4) is 0 Å². The molecule has 7 nitrogen and oxygen atoms in total. The number of halogens is 2. The molecule has 2 amide bonds. The molecule has 1 N–H and O–H groups in total. The monoisotopic (exact) mass is 539 g/mol. The van der Waals surface area contributed by atoms with Gasteiger partial charge in [-0.2, -0.15) is 0 Å². The number of carbonyl (C=O) groups is 2. The van der Waals surface area contributed by atoms with E-state index in [1.165, 1.54) is 21.3 Å². The molecule has 2 aromatic carbocycles. The minimum atomic E-state index is -3.59. The summed E-state index contributed by atoms with van der Waals surface area (Å²) in [7, 11) is -3.59. The summed E-state index contributed by atoms with van der Waals surface area (Å²) in [6.07, 6.45) is 2.54. The molecule has 0 unspecified atom stereocenters. The van der Waals surface area contributed by atoms with Gasteiger partial charge in [-0.25, -0.2) is 12.8 Å². The van der Waals surface area contributed by atoms with E-state index in [4.69, 9.17) is 11.6 Å². The summed E-state index contributed by atoms with van der Waals surface area (Å²) in [6, 6.07) is 11.5. The average molecular weight is 540 g/mol. The molecule has 36 heavy (non-hydrogen) atoms. The zero-order chi connectivity index (χ0) is 26.9. The first kappa shape index (κ1) is 29.6. The fourth-order valence-electron chi connectivity index (χ4n) is 3.76. The van der Waals surface area contributed by atoms with Crippen LogP contribution in [0.25, 0.3) is 0 Å². The molecule has 0 aliphatic rings. The van der Waals surface area contributed by atoms with E-state index in [1.54, 1.807) is 36.4 Å². The third-order valence-corrected chi connectivity index (χ3v) is 7.37. The first-order chi connectivity index (χ1) is 17.0. The molecular weight excluding hydrogens is 505 g/mol. The Morgan fingerprint density at radius 1 is 1.03 bits per heavy atom. The Kier molecular flexibility index (Phi) is 11.2. The SMILES string of the molecule is CC[C@@H](C)NC(=O)[C@@H](CC)N(Cc1ccc(F)cc1)C(=O)CCCN(c1ccc(Cl)cc1)S(C)(=O)=O. The van der Waals surface area contributed by atoms with E-state index in [-0.39, 0.29) is 49.6 Å². The number of rotatable bonds is 13. The molecule has 0 aromatic heterocycles. The number of nitrogens with one attached hydrogen (secondary N) is 1. The van der Waals surface area contributed by atoms with Crippen LogP contribution in [0.2, 0.25) is 5.02 Å². The first-order valence-electron chi connectivity index (χ1n) is 12.0. The van der Waals surface area contributed by atoms with Crippen molar-refractivity contribution in [2.75, 3.05) is 17.1 Å². The smallest absolute Gasteiger partial charge is 0.243 e. The minimum absolute atomic E-state index is 0.0356. The third kappa shape index (κ3) is 8.78. The highest BCUT2D eigenvalue weighted by Crippen LogP contribution is 2.22. The van der Waals surface area contributed by atoms with Gasteiger partial charge < -0.3 is 10.2 Å². The maximum absolute atomic E-state index is 13.4. The van der Waals surface area contributed by atoms with E-state index in [2.05, 4.69) is 5.32 Å². The van der Waals surface area contributed by atoms with E-state index in [0.717, 1.165) is 12.7 Å². The fourth-order valence-corrected chi connectivity index (χ4v) is 4.85. The quantitative estimate of drug-likeness (QED) is 0.398. The topological polar surface area (TPSA) is 86.8 Å². The van der Waals surface area contributed by atoms with Crippen molar-refractivity contribution in [2.24, 2.45) is 0 Å². The van der Waals surface area contributed by atoms with Crippen molar-refractivity contribution in [2.45, 2.75) is 65.1 Å². The van der Waals surface area contributed by atoms with Crippen LogP contribution in [0.15, 0.2) is 48.5 Å². The zero-order valence-electron chi connectivity index (χ0n) is 21.2. The molecule has 0 spiro atoms. The molecule has 2 aromatic rings. The van der Waals surface area contributed by atoms with Crippen LogP contribution in [-0.4, -0.2) is 50.0 Å². The van der Waals surface area contributed by atoms with Gasteiger partial charge in [-0.15, -0.1) is 0 Å². The highest BCUT2D eigenvalue weighted by Gasteiger charge is 2.29. The Bertz CT molecular complexity index is 1110. The van der Waals surface area contributed by atoms with Crippen LogP contribution < -0.4 is 9.62 Å². The number of hydrogen-bond donors (Lipinski definition) is 1. The van der Waals surface area contributed by atoms with Crippen LogP contribution in [0.3, 0.4) is 0 Å². The second-order valence-electron chi connectivity index (χ2n) is 8.81. The second-order valence-corrected chi connectivity index (χ2v) is 11.1. The Balaban J connectivity index is 2.21. The molecule has 0 aliphatic carbocycles. The highest BCUT2D eigenvalue weighted by molar-refractivity contribution is 7.92. The van der Waals surface area contributed by atoms with Crippen molar-refractivity contribution in [1.29, 1.82) is 0 Å². The van der Waals surface area contributed by atoms with Crippen molar-refractivity contribution in [1.82, 2.24) is 10.2 Å². The maximum Gasteiger partial charge on any atom is 0.243 e. The molecule has 2 rings (SSSR count). The van der Waals surface area contributed by atoms with Crippen LogP contribution in [0.4, 0.5) is 10.1 Å². The molecule has 198 valence electrons. The highest BCUT2D eigenvalue weighted by atomic mass is 35.5. The number of anilines is 1. The zero-order valence-corrected chi connectivity index (χ0v) is 22.8. The van der Waals surface area contributed by atoms with Gasteiger partial charge in [0.2, 0.25) is 21.8 Å². The fraction of sp³-hybridized carbons (Fsp3) is 0.462. The Hall–Kier alpha value is -2.65. The molecule has 0 heterocycles. The van der Waals surface area contributed by atoms with Gasteiger partial charge in [-0.3, -0.25) is 13.9 Å². The summed E-state index contributed by atoms with van der Waals surface area (Å²) in [5, 5.41) is 3.43. The van der Waals surface area contributed by atoms with Crippen LogP contribution in [0.1, 0.15) is 52.0 Å². The van der Waals surface area contributed by atoms with E-state index in [0.29, 0.717) is 22.7 Å². The van der Waals surface area contributed by atoms with Gasteiger partial charge in [0, 0.05) is 30.6 Å². The molecule has 0 aliphatic heterocycles. The number of nitrogens with zero attached hydrogens (tertiary/aromatic N) is 2. The van der Waals surface area contributed by atoms with E-state index >= 15 is 0 Å². The lowest BCUT2D eigenvalue weighted by atomic mass is 10.1. The standard InChI is InChI=1S/C26H35ClFN3O4S/c1-5-19(3)29-26(33)24(6-2)30(18-20-9-13-22(28)14-10-20)25(32)8-7-17-31(36(4,34)35)23-15-11-21(27)12-16-23/h9-16,19,24H,5-8,17-18H2,1-4H3,(H,29,33)/t19-,24-/m1/s1. The van der Waals surface area contributed by atoms with Crippen molar-refractivity contribution >= 4 is 39.1 Å². The molecule has 2 atom stereocenters. The summed E-state index contributed by atoms with van der Waals surface area (Å²) in [5.41, 5.74) is 1.15. The molecular formula is C26H35ClFN3O4S. The first-order valence-corrected chi connectivity index (χ1v) is 14.3. The number of carbonyl (C=O) groups excluding carboxylic acids is 2. The van der Waals surface area contributed by atoms with E-state index in [9.17, 15) is 22.4 Å². The van der Waals surface area contributed by atoms with Crippen molar-refractivity contribution in [3.05, 3.63) is 64.9 Å². The van der Waals surface area contributed by atoms with E-state index in [1.807, 2.05) is 20.8 Å². The van der Waals surface area contributed by atoms with Crippen LogP contribution in [-0.2, 0) is 26.2 Å². The summed E-state index contributed by atoms with van der Waals surface area (Å²) >= 11 is 5.92. The molecule has 0 bridgehead atoms. The van der Waals surface area contributed by atoms with Gasteiger partial charge in [0.05, 0.1) is 11.9 Å². The predicted molar refractivity (Wildman–Crippen MR) is 142 cm³/mol. The lowest BCUT2D eigenvalue weighted by Gasteiger charge is -2.32. The molecule has 0 fully saturated rings. The molecule has 10 heteroatoms. The number of benzene rings is 2. The predicted octanol–water partition coefficient (Wildman–Crippen LogP) is 4.75. The lowest BCUT2D eigenvalue weighted by Crippen LogP contribution is -2.50. The van der Waals surface area contributed by atoms with Crippen LogP contribution in [0, 0.1) is 5.82 Å². The summed E-state index contributed by atoms with van der Waals surface area (Å²) in [5.74, 6) is -0.919. The Morgan fingerprint density at radius 2 is 1.64 bits per heavy atom. The van der Waals surface area contributed by atoms with Crippen molar-refractivity contribution in [3.63, 3.8) is 0 Å². The molecule has 0 saturated carbocycles. The van der Waals surface area contributed by atoms with Crippen LogP contribution in [0.5, 0.6) is 0 Å². The second kappa shape index (κ2) is 13.6. The van der Waals surface area contributed by atoms with Gasteiger partial charge in [-0.1, -0.05) is 37.6 Å². The van der Waals surface area contributed by atoms with Gasteiger partial charge >= 0.3 is 0 Å². The normalized spacial score (nSPS) is 13.1. The summed E-state index contributed by atoms with van der Waals surface area (Å²) < 4.78 is 39.4. The molecule has 0 saturated heterocycles. The molecule has 0 radical (unpaired) electrons. The number of sulfonamides is 1. The minimum Gasteiger partial charge on any atom is -0.352 e. The summed E-state index contributed by atoms with van der Waals surface area (Å²) in [4.78, 5) is 27.9. The average Bonchev–Trinajstić information content (AvgIpc) is 2.82. The maximum atomic E-state index is 13.4. The largest absolute Gasteiger partial charge is 0.352 e. The van der Waals surface area contributed by atoms with Gasteiger partial charge in [0.1, 0.15) is 11.9 Å². The van der Waals surface area contributed by atoms with Gasteiger partial charge in [-0.05, 0) is 68.1 Å². The Labute approximate surface area is 218 Å². The number of hydrogen-bond acceptors (Lipinski definition) is 4.